The molecule has 1 N–H and O–H groups in total. The number of carbonyl (C=O) groups excluding carboxylic acids is 1. The highest BCUT2D eigenvalue weighted by molar-refractivity contribution is 9.09. The molecule has 0 spiro atoms. The number of rotatable bonds is 7. The minimum atomic E-state index is -0.146. The first-order chi connectivity index (χ1) is 14.1. The van der Waals surface area contributed by atoms with Crippen molar-refractivity contribution in [2.45, 2.75) is 63.9 Å². The zero-order valence-electron chi connectivity index (χ0n) is 17.7. The van der Waals surface area contributed by atoms with E-state index in [0.29, 0.717) is 30.9 Å². The summed E-state index contributed by atoms with van der Waals surface area (Å²) in [7, 11) is 0. The van der Waals surface area contributed by atoms with E-state index >= 15 is 0 Å². The van der Waals surface area contributed by atoms with Crippen LogP contribution in [0.1, 0.15) is 63.0 Å². The van der Waals surface area contributed by atoms with Gasteiger partial charge in [0.1, 0.15) is 5.75 Å². The highest BCUT2D eigenvalue weighted by Gasteiger charge is 2.57. The smallest absolute Gasteiger partial charge is 0.225 e. The first-order valence-electron chi connectivity index (χ1n) is 11.3. The molecule has 5 heteroatoms. The zero-order chi connectivity index (χ0) is 20.4. The second kappa shape index (κ2) is 8.97. The lowest BCUT2D eigenvalue weighted by Crippen LogP contribution is -2.49. The van der Waals surface area contributed by atoms with E-state index in [2.05, 4.69) is 46.4 Å². The lowest BCUT2D eigenvalue weighted by molar-refractivity contribution is -0.127. The van der Waals surface area contributed by atoms with Crippen molar-refractivity contribution >= 4 is 21.8 Å². The second-order valence-corrected chi connectivity index (χ2v) is 9.90. The van der Waals surface area contributed by atoms with Gasteiger partial charge in [-0.25, -0.2) is 0 Å². The molecule has 0 bridgehead atoms. The van der Waals surface area contributed by atoms with Crippen LogP contribution in [0.15, 0.2) is 18.2 Å². The van der Waals surface area contributed by atoms with Crippen molar-refractivity contribution in [2.75, 3.05) is 25.1 Å². The number of hydrogen-bond acceptors (Lipinski definition) is 3. The van der Waals surface area contributed by atoms with Gasteiger partial charge in [-0.15, -0.1) is 0 Å². The maximum Gasteiger partial charge on any atom is 0.225 e. The summed E-state index contributed by atoms with van der Waals surface area (Å²) in [4.78, 5) is 12.7. The number of hydrogen-bond donors (Lipinski definition) is 1. The van der Waals surface area contributed by atoms with Crippen molar-refractivity contribution in [3.8, 4) is 5.75 Å². The molecule has 0 unspecified atom stereocenters. The monoisotopic (exact) mass is 463 g/mol. The second-order valence-electron chi connectivity index (χ2n) is 9.10. The molecule has 5 atom stereocenters. The summed E-state index contributed by atoms with van der Waals surface area (Å²) in [6.45, 7) is 6.28. The number of benzene rings is 1. The molecule has 1 amide bonds. The minimum absolute atomic E-state index is 0.00802. The largest absolute Gasteiger partial charge is 0.494 e. The quantitative estimate of drug-likeness (QED) is 0.464. The summed E-state index contributed by atoms with van der Waals surface area (Å²) in [6.07, 6.45) is 6.63. The summed E-state index contributed by atoms with van der Waals surface area (Å²) in [5, 5.41) is 4.08. The van der Waals surface area contributed by atoms with Crippen molar-refractivity contribution < 1.29 is 14.3 Å². The Morgan fingerprint density at radius 3 is 3.00 bits per heavy atom. The Kier molecular flexibility index (Phi) is 6.55. The Bertz CT molecular complexity index is 739. The Labute approximate surface area is 183 Å². The molecule has 3 aliphatic rings. The standard InChI is InChI=1S/C24H34BrNO3/c1-3-26-23(27)21-15-29-24(2)11-10-19-18-9-7-17(28-13-5-4-12-25)14-16(18)6-8-20(19)22(21)24/h7,9,14,19-22H,3-6,8,10-13,15H2,1-2H3,(H,26,27)/t19-,20-,21+,22-,24+/m1/s1. The number of halogens is 1. The summed E-state index contributed by atoms with van der Waals surface area (Å²) in [6, 6.07) is 6.71. The van der Waals surface area contributed by atoms with E-state index < -0.39 is 0 Å². The normalized spacial score (nSPS) is 32.8. The molecule has 4 rings (SSSR count). The Hall–Kier alpha value is -1.07. The van der Waals surface area contributed by atoms with Crippen molar-refractivity contribution in [2.24, 2.45) is 17.8 Å². The summed E-state index contributed by atoms with van der Waals surface area (Å²) in [5.74, 6) is 2.56. The number of fused-ring (bicyclic) bond motifs is 5. The Morgan fingerprint density at radius 1 is 1.34 bits per heavy atom. The molecule has 1 aromatic rings. The molecule has 4 nitrogen and oxygen atoms in total. The van der Waals surface area contributed by atoms with Gasteiger partial charge in [0.05, 0.1) is 24.7 Å². The van der Waals surface area contributed by atoms with Gasteiger partial charge >= 0.3 is 0 Å². The van der Waals surface area contributed by atoms with Gasteiger partial charge in [-0.3, -0.25) is 4.79 Å². The van der Waals surface area contributed by atoms with Crippen molar-refractivity contribution in [3.63, 3.8) is 0 Å². The third-order valence-electron chi connectivity index (χ3n) is 7.41. The summed E-state index contributed by atoms with van der Waals surface area (Å²) < 4.78 is 12.2. The number of nitrogens with one attached hydrogen (secondary N) is 1. The molecule has 0 aromatic heterocycles. The third kappa shape index (κ3) is 4.10. The molecule has 1 saturated carbocycles. The van der Waals surface area contributed by atoms with Crippen LogP contribution in [0.2, 0.25) is 0 Å². The van der Waals surface area contributed by atoms with Crippen molar-refractivity contribution in [1.29, 1.82) is 0 Å². The number of unbranched alkanes of at least 4 members (excludes halogenated alkanes) is 1. The first-order valence-corrected chi connectivity index (χ1v) is 12.4. The van der Waals surface area contributed by atoms with Crippen LogP contribution in [0.3, 0.4) is 0 Å². The van der Waals surface area contributed by atoms with Gasteiger partial charge in [-0.05, 0) is 87.5 Å². The lowest BCUT2D eigenvalue weighted by atomic mass is 9.56. The molecule has 0 radical (unpaired) electrons. The van der Waals surface area contributed by atoms with E-state index in [-0.39, 0.29) is 17.4 Å². The maximum absolute atomic E-state index is 12.7. The van der Waals surface area contributed by atoms with Gasteiger partial charge in [0.15, 0.2) is 0 Å². The number of amides is 1. The molecule has 1 heterocycles. The summed E-state index contributed by atoms with van der Waals surface area (Å²) >= 11 is 3.47. The highest BCUT2D eigenvalue weighted by atomic mass is 79.9. The van der Waals surface area contributed by atoms with Gasteiger partial charge in [-0.1, -0.05) is 22.0 Å². The molecular formula is C24H34BrNO3. The van der Waals surface area contributed by atoms with E-state index in [4.69, 9.17) is 9.47 Å². The van der Waals surface area contributed by atoms with E-state index in [9.17, 15) is 4.79 Å². The Balaban J connectivity index is 1.52. The molecule has 2 aliphatic carbocycles. The van der Waals surface area contributed by atoms with E-state index in [0.717, 1.165) is 56.2 Å². The molecule has 1 saturated heterocycles. The SMILES string of the molecule is CCNC(=O)[C@H]1CO[C@@]2(C)CC[C@@H]3c4ccc(OCCCCBr)cc4CC[C@H]3[C@H]12. The van der Waals surface area contributed by atoms with Gasteiger partial charge in [0.25, 0.3) is 0 Å². The van der Waals surface area contributed by atoms with Crippen LogP contribution in [-0.2, 0) is 16.0 Å². The van der Waals surface area contributed by atoms with Crippen LogP contribution in [0, 0.1) is 17.8 Å². The molecule has 1 aromatic carbocycles. The fourth-order valence-electron chi connectivity index (χ4n) is 6.07. The highest BCUT2D eigenvalue weighted by Crippen LogP contribution is 2.57. The third-order valence-corrected chi connectivity index (χ3v) is 7.97. The van der Waals surface area contributed by atoms with Crippen LogP contribution in [0.4, 0.5) is 0 Å². The number of ether oxygens (including phenoxy) is 2. The van der Waals surface area contributed by atoms with Gasteiger partial charge in [-0.2, -0.15) is 0 Å². The maximum atomic E-state index is 12.7. The average Bonchev–Trinajstić information content (AvgIpc) is 3.09. The Morgan fingerprint density at radius 2 is 2.21 bits per heavy atom. The van der Waals surface area contributed by atoms with E-state index in [1.807, 2.05) is 6.92 Å². The van der Waals surface area contributed by atoms with E-state index in [1.54, 1.807) is 0 Å². The number of alkyl halides is 1. The predicted molar refractivity (Wildman–Crippen MR) is 119 cm³/mol. The van der Waals surface area contributed by atoms with Gasteiger partial charge in [0.2, 0.25) is 5.91 Å². The van der Waals surface area contributed by atoms with Crippen LogP contribution < -0.4 is 10.1 Å². The van der Waals surface area contributed by atoms with Crippen LogP contribution in [0.25, 0.3) is 0 Å². The molecule has 160 valence electrons. The fraction of sp³-hybridized carbons (Fsp3) is 0.708. The first kappa shape index (κ1) is 21.2. The molecule has 2 fully saturated rings. The minimum Gasteiger partial charge on any atom is -0.494 e. The average molecular weight is 464 g/mol. The van der Waals surface area contributed by atoms with Crippen LogP contribution in [-0.4, -0.2) is 36.6 Å². The fourth-order valence-corrected chi connectivity index (χ4v) is 6.47. The van der Waals surface area contributed by atoms with Crippen molar-refractivity contribution in [3.05, 3.63) is 29.3 Å². The topological polar surface area (TPSA) is 47.6 Å². The number of aryl methyl sites for hydroxylation is 1. The van der Waals surface area contributed by atoms with Gasteiger partial charge < -0.3 is 14.8 Å². The van der Waals surface area contributed by atoms with Gasteiger partial charge in [0, 0.05) is 17.8 Å². The van der Waals surface area contributed by atoms with Crippen LogP contribution >= 0.6 is 15.9 Å². The zero-order valence-corrected chi connectivity index (χ0v) is 19.3. The molecule has 29 heavy (non-hydrogen) atoms. The lowest BCUT2D eigenvalue weighted by Gasteiger charge is -2.49. The molecular weight excluding hydrogens is 430 g/mol. The van der Waals surface area contributed by atoms with Crippen molar-refractivity contribution in [1.82, 2.24) is 5.32 Å². The predicted octanol–water partition coefficient (Wildman–Crippen LogP) is 4.84. The van der Waals surface area contributed by atoms with Crippen LogP contribution in [0.5, 0.6) is 5.75 Å². The number of carbonyl (C=O) groups is 1. The van der Waals surface area contributed by atoms with E-state index in [1.165, 1.54) is 11.1 Å². The summed E-state index contributed by atoms with van der Waals surface area (Å²) in [5.41, 5.74) is 2.78. The molecule has 1 aliphatic heterocycles.